The average Bonchev–Trinajstić information content (AvgIpc) is 3.35. The third kappa shape index (κ3) is 5.34. The number of nitrogens with zero attached hydrogens (tertiary/aromatic N) is 4. The number of hydrogen-bond donors (Lipinski definition) is 2. The summed E-state index contributed by atoms with van der Waals surface area (Å²) in [6, 6.07) is 9.40. The molecule has 1 aliphatic heterocycles. The van der Waals surface area contributed by atoms with Crippen LogP contribution in [-0.2, 0) is 6.54 Å². The minimum atomic E-state index is 0.239. The lowest BCUT2D eigenvalue weighted by atomic mass is 10.2. The summed E-state index contributed by atoms with van der Waals surface area (Å²) in [6.07, 6.45) is 0. The molecule has 0 spiro atoms. The fourth-order valence-electron chi connectivity index (χ4n) is 3.66. The maximum absolute atomic E-state index is 5.47. The van der Waals surface area contributed by atoms with Crippen LogP contribution in [0.1, 0.15) is 19.4 Å². The van der Waals surface area contributed by atoms with E-state index in [-0.39, 0.29) is 6.79 Å². The number of hydrogen-bond acceptors (Lipinski definition) is 11. The zero-order valence-electron chi connectivity index (χ0n) is 20.5. The van der Waals surface area contributed by atoms with Crippen molar-refractivity contribution >= 4 is 23.5 Å². The molecule has 2 heterocycles. The van der Waals surface area contributed by atoms with E-state index in [0.29, 0.717) is 47.3 Å². The number of methoxy groups -OCH3 is 3. The molecule has 0 saturated carbocycles. The van der Waals surface area contributed by atoms with E-state index in [1.165, 1.54) is 0 Å². The van der Waals surface area contributed by atoms with Crippen LogP contribution in [0.4, 0.5) is 23.5 Å². The molecule has 0 fully saturated rings. The number of aromatic nitrogens is 3. The maximum atomic E-state index is 5.47. The summed E-state index contributed by atoms with van der Waals surface area (Å²) in [5, 5.41) is 6.53. The average molecular weight is 483 g/mol. The standard InChI is InChI=1S/C24H30N6O5/c1-6-30(7-2)24-28-22(25-13-15-8-9-17-18(10-15)35-14-34-17)27-23(29-24)26-16-11-19(31-3)21(33-5)20(12-16)32-4/h8-12H,6-7,13-14H2,1-5H3,(H2,25,26,27,28,29). The number of rotatable bonds is 11. The summed E-state index contributed by atoms with van der Waals surface area (Å²) in [6.45, 7) is 6.36. The Balaban J connectivity index is 1.61. The van der Waals surface area contributed by atoms with Gasteiger partial charge in [0.05, 0.1) is 21.3 Å². The summed E-state index contributed by atoms with van der Waals surface area (Å²) in [4.78, 5) is 15.9. The molecule has 3 aromatic rings. The number of anilines is 4. The topological polar surface area (TPSA) is 112 Å². The summed E-state index contributed by atoms with van der Waals surface area (Å²) < 4.78 is 27.2. The van der Waals surface area contributed by atoms with E-state index in [4.69, 9.17) is 23.7 Å². The van der Waals surface area contributed by atoms with Crippen LogP contribution < -0.4 is 39.2 Å². The van der Waals surface area contributed by atoms with Crippen LogP contribution in [-0.4, -0.2) is 56.2 Å². The molecule has 35 heavy (non-hydrogen) atoms. The highest BCUT2D eigenvalue weighted by atomic mass is 16.7. The Hall–Kier alpha value is -4.15. The van der Waals surface area contributed by atoms with Crippen molar-refractivity contribution in [1.29, 1.82) is 0 Å². The smallest absolute Gasteiger partial charge is 0.233 e. The lowest BCUT2D eigenvalue weighted by Gasteiger charge is -2.20. The van der Waals surface area contributed by atoms with Gasteiger partial charge < -0.3 is 39.2 Å². The summed E-state index contributed by atoms with van der Waals surface area (Å²) in [5.74, 6) is 4.41. The SMILES string of the molecule is CCN(CC)c1nc(NCc2ccc3c(c2)OCO3)nc(Nc2cc(OC)c(OC)c(OC)c2)n1. The molecule has 2 aromatic carbocycles. The second-order valence-corrected chi connectivity index (χ2v) is 7.54. The van der Waals surface area contributed by atoms with E-state index in [1.807, 2.05) is 23.1 Å². The van der Waals surface area contributed by atoms with Gasteiger partial charge in [0.1, 0.15) is 0 Å². The van der Waals surface area contributed by atoms with Crippen molar-refractivity contribution < 1.29 is 23.7 Å². The van der Waals surface area contributed by atoms with Gasteiger partial charge in [-0.25, -0.2) is 0 Å². The molecule has 11 heteroatoms. The first-order valence-corrected chi connectivity index (χ1v) is 11.3. The van der Waals surface area contributed by atoms with Crippen LogP contribution in [0.3, 0.4) is 0 Å². The third-order valence-electron chi connectivity index (χ3n) is 5.48. The van der Waals surface area contributed by atoms with Crippen LogP contribution in [0.5, 0.6) is 28.7 Å². The molecule has 0 radical (unpaired) electrons. The second kappa shape index (κ2) is 10.9. The lowest BCUT2D eigenvalue weighted by molar-refractivity contribution is 0.174. The van der Waals surface area contributed by atoms with Crippen LogP contribution in [0.2, 0.25) is 0 Å². The van der Waals surface area contributed by atoms with Crippen molar-refractivity contribution in [2.45, 2.75) is 20.4 Å². The first-order chi connectivity index (χ1) is 17.1. The van der Waals surface area contributed by atoms with Gasteiger partial charge in [0.25, 0.3) is 0 Å². The third-order valence-corrected chi connectivity index (χ3v) is 5.48. The molecular formula is C24H30N6O5. The predicted molar refractivity (Wildman–Crippen MR) is 133 cm³/mol. The highest BCUT2D eigenvalue weighted by Crippen LogP contribution is 2.40. The Morgan fingerprint density at radius 1 is 0.857 bits per heavy atom. The van der Waals surface area contributed by atoms with Crippen molar-refractivity contribution in [1.82, 2.24) is 15.0 Å². The Labute approximate surface area is 204 Å². The molecule has 1 aromatic heterocycles. The maximum Gasteiger partial charge on any atom is 0.233 e. The van der Waals surface area contributed by atoms with Gasteiger partial charge >= 0.3 is 0 Å². The van der Waals surface area contributed by atoms with Crippen molar-refractivity contribution in [3.63, 3.8) is 0 Å². The summed E-state index contributed by atoms with van der Waals surface area (Å²) >= 11 is 0. The number of ether oxygens (including phenoxy) is 5. The Morgan fingerprint density at radius 3 is 2.20 bits per heavy atom. The molecule has 0 unspecified atom stereocenters. The van der Waals surface area contributed by atoms with Crippen molar-refractivity contribution in [3.05, 3.63) is 35.9 Å². The largest absolute Gasteiger partial charge is 0.493 e. The van der Waals surface area contributed by atoms with E-state index in [9.17, 15) is 0 Å². The predicted octanol–water partition coefficient (Wildman–Crippen LogP) is 3.83. The van der Waals surface area contributed by atoms with Gasteiger partial charge in [0.15, 0.2) is 23.0 Å². The molecule has 0 saturated heterocycles. The molecule has 4 rings (SSSR count). The normalized spacial score (nSPS) is 11.7. The molecule has 11 nitrogen and oxygen atoms in total. The minimum absolute atomic E-state index is 0.239. The van der Waals surface area contributed by atoms with Crippen molar-refractivity contribution in [2.75, 3.05) is 56.7 Å². The highest BCUT2D eigenvalue weighted by Gasteiger charge is 2.17. The molecule has 0 amide bonds. The minimum Gasteiger partial charge on any atom is -0.493 e. The first kappa shape index (κ1) is 24.0. The van der Waals surface area contributed by atoms with E-state index in [0.717, 1.165) is 30.2 Å². The number of fused-ring (bicyclic) bond motifs is 1. The zero-order valence-corrected chi connectivity index (χ0v) is 20.5. The van der Waals surface area contributed by atoms with Gasteiger partial charge in [-0.1, -0.05) is 6.07 Å². The van der Waals surface area contributed by atoms with Crippen LogP contribution in [0.15, 0.2) is 30.3 Å². The fourth-order valence-corrected chi connectivity index (χ4v) is 3.66. The Kier molecular flexibility index (Phi) is 7.44. The molecule has 2 N–H and O–H groups in total. The zero-order chi connectivity index (χ0) is 24.8. The summed E-state index contributed by atoms with van der Waals surface area (Å²) in [5.41, 5.74) is 1.69. The van der Waals surface area contributed by atoms with Crippen LogP contribution in [0.25, 0.3) is 0 Å². The van der Waals surface area contributed by atoms with E-state index >= 15 is 0 Å². The van der Waals surface area contributed by atoms with Gasteiger partial charge in [-0.3, -0.25) is 0 Å². The number of benzene rings is 2. The monoisotopic (exact) mass is 482 g/mol. The van der Waals surface area contributed by atoms with Gasteiger partial charge in [0, 0.05) is 37.5 Å². The molecule has 1 aliphatic rings. The van der Waals surface area contributed by atoms with E-state index in [1.54, 1.807) is 33.5 Å². The van der Waals surface area contributed by atoms with Gasteiger partial charge in [-0.2, -0.15) is 15.0 Å². The molecule has 186 valence electrons. The lowest BCUT2D eigenvalue weighted by Crippen LogP contribution is -2.25. The highest BCUT2D eigenvalue weighted by molar-refractivity contribution is 5.66. The first-order valence-electron chi connectivity index (χ1n) is 11.3. The number of nitrogens with one attached hydrogen (secondary N) is 2. The fraction of sp³-hybridized carbons (Fsp3) is 0.375. The van der Waals surface area contributed by atoms with E-state index in [2.05, 4.69) is 39.4 Å². The van der Waals surface area contributed by atoms with Gasteiger partial charge in [0.2, 0.25) is 30.4 Å². The van der Waals surface area contributed by atoms with Crippen LogP contribution >= 0.6 is 0 Å². The van der Waals surface area contributed by atoms with Crippen molar-refractivity contribution in [3.8, 4) is 28.7 Å². The Morgan fingerprint density at radius 2 is 1.54 bits per heavy atom. The summed E-state index contributed by atoms with van der Waals surface area (Å²) in [7, 11) is 4.70. The second-order valence-electron chi connectivity index (χ2n) is 7.54. The molecule has 0 atom stereocenters. The molecule has 0 bridgehead atoms. The van der Waals surface area contributed by atoms with Crippen LogP contribution in [0, 0.1) is 0 Å². The quantitative estimate of drug-likeness (QED) is 0.416. The molecular weight excluding hydrogens is 452 g/mol. The van der Waals surface area contributed by atoms with E-state index < -0.39 is 0 Å². The van der Waals surface area contributed by atoms with Gasteiger partial charge in [-0.05, 0) is 31.5 Å². The van der Waals surface area contributed by atoms with Crippen molar-refractivity contribution in [2.24, 2.45) is 0 Å². The van der Waals surface area contributed by atoms with Gasteiger partial charge in [-0.15, -0.1) is 0 Å². The Bertz CT molecular complexity index is 1150. The molecule has 0 aliphatic carbocycles.